The number of hydrogen-bond donors (Lipinski definition) is 3. The van der Waals surface area contributed by atoms with E-state index in [9.17, 15) is 18.7 Å². The monoisotopic (exact) mass is 324 g/mol. The quantitative estimate of drug-likeness (QED) is 0.748. The normalized spacial score (nSPS) is 17.4. The number of hydrogen-bond acceptors (Lipinski definition) is 3. The zero-order chi connectivity index (χ0) is 15.1. The number of benzene rings is 1. The number of halogens is 4. The van der Waals surface area contributed by atoms with Gasteiger partial charge in [-0.1, -0.05) is 23.2 Å². The van der Waals surface area contributed by atoms with Crippen LogP contribution in [0.2, 0.25) is 10.0 Å². The fourth-order valence-electron chi connectivity index (χ4n) is 1.90. The number of aliphatic hydroxyl groups is 1. The summed E-state index contributed by atoms with van der Waals surface area (Å²) in [6, 6.07) is 2.42. The lowest BCUT2D eigenvalue weighted by Crippen LogP contribution is -2.59. The molecule has 110 valence electrons. The van der Waals surface area contributed by atoms with Crippen molar-refractivity contribution >= 4 is 40.5 Å². The summed E-state index contributed by atoms with van der Waals surface area (Å²) in [4.78, 5) is 11.6. The van der Waals surface area contributed by atoms with Crippen LogP contribution in [0.4, 0.5) is 20.2 Å². The Morgan fingerprint density at radius 2 is 1.85 bits per heavy atom. The summed E-state index contributed by atoms with van der Waals surface area (Å²) in [7, 11) is 0. The topological polar surface area (TPSA) is 75.3 Å². The molecule has 1 saturated carbocycles. The van der Waals surface area contributed by atoms with E-state index in [0.717, 1.165) is 0 Å². The number of rotatable bonds is 3. The van der Waals surface area contributed by atoms with Crippen molar-refractivity contribution in [3.8, 4) is 0 Å². The Hall–Kier alpha value is -1.11. The van der Waals surface area contributed by atoms with Gasteiger partial charge in [0.1, 0.15) is 5.60 Å². The van der Waals surface area contributed by atoms with Crippen molar-refractivity contribution in [3.63, 3.8) is 0 Å². The zero-order valence-corrected chi connectivity index (χ0v) is 11.7. The third kappa shape index (κ3) is 2.43. The van der Waals surface area contributed by atoms with Crippen LogP contribution in [0.5, 0.6) is 0 Å². The maximum absolute atomic E-state index is 13.9. The summed E-state index contributed by atoms with van der Waals surface area (Å²) in [6.07, 6.45) is 0.228. The minimum Gasteiger partial charge on any atom is -0.396 e. The maximum Gasteiger partial charge on any atom is 0.352 e. The van der Waals surface area contributed by atoms with Crippen molar-refractivity contribution in [1.29, 1.82) is 0 Å². The molecule has 1 aromatic carbocycles. The Kier molecular flexibility index (Phi) is 3.83. The number of amides is 1. The van der Waals surface area contributed by atoms with Crippen LogP contribution in [0.15, 0.2) is 12.1 Å². The Labute approximate surface area is 123 Å². The van der Waals surface area contributed by atoms with Crippen LogP contribution in [-0.2, 0) is 4.79 Å². The fourth-order valence-corrected chi connectivity index (χ4v) is 2.39. The van der Waals surface area contributed by atoms with Crippen LogP contribution in [-0.4, -0.2) is 22.5 Å². The van der Waals surface area contributed by atoms with E-state index in [1.807, 2.05) is 5.32 Å². The Bertz CT molecular complexity index is 539. The van der Waals surface area contributed by atoms with Gasteiger partial charge in [0.05, 0.1) is 15.7 Å². The first-order chi connectivity index (χ1) is 9.17. The highest BCUT2D eigenvalue weighted by Gasteiger charge is 2.61. The average Bonchev–Trinajstić information content (AvgIpc) is 2.32. The van der Waals surface area contributed by atoms with Crippen LogP contribution in [0.1, 0.15) is 19.3 Å². The Morgan fingerprint density at radius 1 is 1.35 bits per heavy atom. The highest BCUT2D eigenvalue weighted by Crippen LogP contribution is 2.44. The molecule has 1 fully saturated rings. The fraction of sp³-hybridized carbons (Fsp3) is 0.417. The van der Waals surface area contributed by atoms with Gasteiger partial charge < -0.3 is 16.2 Å². The molecule has 0 heterocycles. The number of nitrogens with two attached hydrogens (primary N) is 1. The summed E-state index contributed by atoms with van der Waals surface area (Å²) in [6.45, 7) is 0. The van der Waals surface area contributed by atoms with E-state index in [-0.39, 0.29) is 34.3 Å². The van der Waals surface area contributed by atoms with Crippen LogP contribution in [0, 0.1) is 0 Å². The van der Waals surface area contributed by atoms with E-state index in [1.165, 1.54) is 12.1 Å². The van der Waals surface area contributed by atoms with Gasteiger partial charge in [0, 0.05) is 5.69 Å². The lowest BCUT2D eigenvalue weighted by Gasteiger charge is -2.41. The predicted molar refractivity (Wildman–Crippen MR) is 73.3 cm³/mol. The molecule has 1 aliphatic carbocycles. The highest BCUT2D eigenvalue weighted by atomic mass is 35.5. The number of anilines is 2. The molecular weight excluding hydrogens is 313 g/mol. The summed E-state index contributed by atoms with van der Waals surface area (Å²) in [5.74, 6) is -5.48. The Morgan fingerprint density at radius 3 is 2.25 bits per heavy atom. The van der Waals surface area contributed by atoms with Crippen LogP contribution in [0.25, 0.3) is 0 Å². The molecule has 0 unspecified atom stereocenters. The molecule has 1 amide bonds. The van der Waals surface area contributed by atoms with E-state index in [0.29, 0.717) is 6.42 Å². The number of nitrogen functional groups attached to an aromatic ring is 1. The van der Waals surface area contributed by atoms with Crippen molar-refractivity contribution in [2.24, 2.45) is 0 Å². The van der Waals surface area contributed by atoms with E-state index in [4.69, 9.17) is 28.9 Å². The summed E-state index contributed by atoms with van der Waals surface area (Å²) < 4.78 is 27.7. The minimum atomic E-state index is -3.88. The van der Waals surface area contributed by atoms with Gasteiger partial charge in [-0.05, 0) is 31.4 Å². The van der Waals surface area contributed by atoms with Gasteiger partial charge in [-0.15, -0.1) is 0 Å². The first kappa shape index (κ1) is 15.3. The molecule has 8 heteroatoms. The van der Waals surface area contributed by atoms with E-state index in [1.54, 1.807) is 0 Å². The molecule has 1 aliphatic rings. The van der Waals surface area contributed by atoms with Gasteiger partial charge in [-0.25, -0.2) is 0 Å². The van der Waals surface area contributed by atoms with Gasteiger partial charge in [-0.3, -0.25) is 4.79 Å². The van der Waals surface area contributed by atoms with E-state index >= 15 is 0 Å². The first-order valence-corrected chi connectivity index (χ1v) is 6.59. The summed E-state index contributed by atoms with van der Waals surface area (Å²) >= 11 is 11.5. The standard InChI is InChI=1S/C12H12Cl2F2N2O2/c13-7-4-6(5-8(14)9(7)17)18-10(19)12(15,16)11(20)2-1-3-11/h4-5,20H,1-3,17H2,(H,18,19). The number of carbonyl (C=O) groups is 1. The SMILES string of the molecule is Nc1c(Cl)cc(NC(=O)C(F)(F)C2(O)CCC2)cc1Cl. The molecule has 0 aliphatic heterocycles. The third-order valence-electron chi connectivity index (χ3n) is 3.39. The molecule has 0 radical (unpaired) electrons. The molecule has 20 heavy (non-hydrogen) atoms. The first-order valence-electron chi connectivity index (χ1n) is 5.83. The van der Waals surface area contributed by atoms with Crippen LogP contribution in [0.3, 0.4) is 0 Å². The van der Waals surface area contributed by atoms with Gasteiger partial charge in [0.2, 0.25) is 0 Å². The highest BCUT2D eigenvalue weighted by molar-refractivity contribution is 6.39. The Balaban J connectivity index is 2.20. The molecule has 2 rings (SSSR count). The van der Waals surface area contributed by atoms with Crippen molar-refractivity contribution in [3.05, 3.63) is 22.2 Å². The second-order valence-corrected chi connectivity index (χ2v) is 5.58. The molecule has 4 nitrogen and oxygen atoms in total. The van der Waals surface area contributed by atoms with Crippen LogP contribution < -0.4 is 11.1 Å². The second-order valence-electron chi connectivity index (χ2n) is 4.77. The largest absolute Gasteiger partial charge is 0.396 e. The average molecular weight is 325 g/mol. The van der Waals surface area contributed by atoms with Gasteiger partial charge in [-0.2, -0.15) is 8.78 Å². The zero-order valence-electron chi connectivity index (χ0n) is 10.2. The molecular formula is C12H12Cl2F2N2O2. The van der Waals surface area contributed by atoms with E-state index in [2.05, 4.69) is 0 Å². The third-order valence-corrected chi connectivity index (χ3v) is 4.01. The van der Waals surface area contributed by atoms with Crippen molar-refractivity contribution in [1.82, 2.24) is 0 Å². The number of nitrogens with one attached hydrogen (secondary N) is 1. The van der Waals surface area contributed by atoms with Crippen molar-refractivity contribution < 1.29 is 18.7 Å². The molecule has 1 aromatic rings. The van der Waals surface area contributed by atoms with Gasteiger partial charge in [0.15, 0.2) is 0 Å². The van der Waals surface area contributed by atoms with Crippen molar-refractivity contribution in [2.75, 3.05) is 11.1 Å². The lowest BCUT2D eigenvalue weighted by molar-refractivity contribution is -0.212. The summed E-state index contributed by atoms with van der Waals surface area (Å²) in [5.41, 5.74) is 3.30. The van der Waals surface area contributed by atoms with Crippen molar-refractivity contribution in [2.45, 2.75) is 30.8 Å². The predicted octanol–water partition coefficient (Wildman–Crippen LogP) is 3.06. The minimum absolute atomic E-state index is 0.0122. The molecule has 0 saturated heterocycles. The molecule has 0 bridgehead atoms. The smallest absolute Gasteiger partial charge is 0.352 e. The molecule has 4 N–H and O–H groups in total. The number of alkyl halides is 2. The second kappa shape index (κ2) is 5.02. The van der Waals surface area contributed by atoms with Gasteiger partial charge >= 0.3 is 5.92 Å². The van der Waals surface area contributed by atoms with E-state index < -0.39 is 17.4 Å². The summed E-state index contributed by atoms with van der Waals surface area (Å²) in [5, 5.41) is 11.7. The molecule has 0 aromatic heterocycles. The molecule has 0 spiro atoms. The molecule has 0 atom stereocenters. The van der Waals surface area contributed by atoms with Gasteiger partial charge in [0.25, 0.3) is 5.91 Å². The maximum atomic E-state index is 13.9. The number of carbonyl (C=O) groups excluding carboxylic acids is 1. The van der Waals surface area contributed by atoms with Crippen LogP contribution >= 0.6 is 23.2 Å². The lowest BCUT2D eigenvalue weighted by atomic mass is 9.75.